The lowest BCUT2D eigenvalue weighted by Gasteiger charge is -2.16. The van der Waals surface area contributed by atoms with E-state index in [4.69, 9.17) is 14.6 Å². The second-order valence-corrected chi connectivity index (χ2v) is 7.97. The van der Waals surface area contributed by atoms with Gasteiger partial charge in [-0.05, 0) is 53.7 Å². The number of carbonyl (C=O) groups is 4. The molecule has 1 aliphatic heterocycles. The summed E-state index contributed by atoms with van der Waals surface area (Å²) in [6.45, 7) is -1.24. The fourth-order valence-corrected chi connectivity index (χ4v) is 3.75. The molecule has 1 saturated heterocycles. The summed E-state index contributed by atoms with van der Waals surface area (Å²) >= 11 is 0.593. The Morgan fingerprint density at radius 2 is 1.83 bits per heavy atom. The van der Waals surface area contributed by atoms with Crippen LogP contribution in [0.4, 0.5) is 23.7 Å². The molecule has 0 spiro atoms. The SMILES string of the molecule is COc1ccc(C(F)(F)F)cc1NC(=O)CN1C(=O)S/C(=C\c2ccc(OCC(=O)O)cc2)C1=O. The minimum absolute atomic E-state index is 0.0265. The summed E-state index contributed by atoms with van der Waals surface area (Å²) in [6, 6.07) is 8.56. The number of nitrogens with one attached hydrogen (secondary N) is 1. The van der Waals surface area contributed by atoms with Gasteiger partial charge in [0.2, 0.25) is 5.91 Å². The number of thioether (sulfide) groups is 1. The number of imide groups is 1. The van der Waals surface area contributed by atoms with E-state index >= 15 is 0 Å². The van der Waals surface area contributed by atoms with Crippen LogP contribution in [-0.2, 0) is 20.6 Å². The first-order valence-corrected chi connectivity index (χ1v) is 10.5. The van der Waals surface area contributed by atoms with Gasteiger partial charge in [-0.1, -0.05) is 12.1 Å². The van der Waals surface area contributed by atoms with Crippen LogP contribution in [0.25, 0.3) is 6.08 Å². The molecule has 0 saturated carbocycles. The number of amides is 3. The molecule has 0 atom stereocenters. The maximum atomic E-state index is 13.0. The third-order valence-electron chi connectivity index (χ3n) is 4.52. The van der Waals surface area contributed by atoms with E-state index in [2.05, 4.69) is 5.32 Å². The molecule has 1 fully saturated rings. The highest BCUT2D eigenvalue weighted by molar-refractivity contribution is 8.18. The molecule has 0 unspecified atom stereocenters. The highest BCUT2D eigenvalue weighted by Gasteiger charge is 2.36. The Kier molecular flexibility index (Phi) is 7.69. The first-order chi connectivity index (χ1) is 16.5. The number of carboxylic acids is 1. The van der Waals surface area contributed by atoms with E-state index in [1.165, 1.54) is 37.5 Å². The molecule has 3 rings (SSSR count). The number of benzene rings is 2. The predicted octanol–water partition coefficient (Wildman–Crippen LogP) is 3.85. The maximum absolute atomic E-state index is 13.0. The molecule has 1 heterocycles. The third-order valence-corrected chi connectivity index (χ3v) is 5.42. The Morgan fingerprint density at radius 1 is 1.14 bits per heavy atom. The number of aliphatic carboxylic acids is 1. The number of nitrogens with zero attached hydrogens (tertiary/aromatic N) is 1. The van der Waals surface area contributed by atoms with Gasteiger partial charge in [-0.3, -0.25) is 19.3 Å². The molecule has 0 aromatic heterocycles. The second-order valence-electron chi connectivity index (χ2n) is 6.98. The number of alkyl halides is 3. The summed E-state index contributed by atoms with van der Waals surface area (Å²) < 4.78 is 49.0. The first-order valence-electron chi connectivity index (χ1n) is 9.73. The fraction of sp³-hybridized carbons (Fsp3) is 0.182. The average Bonchev–Trinajstić information content (AvgIpc) is 3.05. The zero-order valence-electron chi connectivity index (χ0n) is 17.9. The van der Waals surface area contributed by atoms with E-state index in [0.717, 1.165) is 12.1 Å². The van der Waals surface area contributed by atoms with Gasteiger partial charge in [0.25, 0.3) is 11.1 Å². The summed E-state index contributed by atoms with van der Waals surface area (Å²) in [7, 11) is 1.21. The lowest BCUT2D eigenvalue weighted by atomic mass is 10.1. The van der Waals surface area contributed by atoms with Crippen LogP contribution in [0.15, 0.2) is 47.4 Å². The Morgan fingerprint density at radius 3 is 2.43 bits per heavy atom. The van der Waals surface area contributed by atoms with Gasteiger partial charge in [-0.25, -0.2) is 4.79 Å². The number of halogens is 3. The van der Waals surface area contributed by atoms with Crippen LogP contribution in [0.2, 0.25) is 0 Å². The number of carboxylic acid groups (broad SMARTS) is 1. The molecule has 0 radical (unpaired) electrons. The Labute approximate surface area is 200 Å². The van der Waals surface area contributed by atoms with Gasteiger partial charge in [-0.2, -0.15) is 13.2 Å². The van der Waals surface area contributed by atoms with Crippen molar-refractivity contribution in [3.05, 3.63) is 58.5 Å². The molecule has 3 amide bonds. The number of carbonyl (C=O) groups excluding carboxylic acids is 3. The van der Waals surface area contributed by atoms with E-state index < -0.39 is 47.9 Å². The summed E-state index contributed by atoms with van der Waals surface area (Å²) in [5, 5.41) is 10.1. The number of hydrogen-bond acceptors (Lipinski definition) is 7. The summed E-state index contributed by atoms with van der Waals surface area (Å²) in [5.74, 6) is -2.53. The molecule has 35 heavy (non-hydrogen) atoms. The molecule has 0 bridgehead atoms. The lowest BCUT2D eigenvalue weighted by Crippen LogP contribution is -2.36. The highest BCUT2D eigenvalue weighted by Crippen LogP contribution is 2.35. The number of ether oxygens (including phenoxy) is 2. The highest BCUT2D eigenvalue weighted by atomic mass is 32.2. The van der Waals surface area contributed by atoms with Crippen molar-refractivity contribution in [3.63, 3.8) is 0 Å². The topological polar surface area (TPSA) is 122 Å². The van der Waals surface area contributed by atoms with E-state index in [1.807, 2.05) is 0 Å². The van der Waals surface area contributed by atoms with Gasteiger partial charge in [0.15, 0.2) is 6.61 Å². The second kappa shape index (κ2) is 10.5. The maximum Gasteiger partial charge on any atom is 0.416 e. The molecule has 184 valence electrons. The van der Waals surface area contributed by atoms with Crippen molar-refractivity contribution in [3.8, 4) is 11.5 Å². The lowest BCUT2D eigenvalue weighted by molar-refractivity contribution is -0.139. The molecule has 2 aromatic rings. The van der Waals surface area contributed by atoms with E-state index in [0.29, 0.717) is 34.0 Å². The summed E-state index contributed by atoms with van der Waals surface area (Å²) in [4.78, 5) is 48.6. The molecule has 2 aromatic carbocycles. The van der Waals surface area contributed by atoms with Crippen LogP contribution >= 0.6 is 11.8 Å². The van der Waals surface area contributed by atoms with Crippen molar-refractivity contribution < 1.29 is 46.9 Å². The Bertz CT molecular complexity index is 1200. The zero-order valence-corrected chi connectivity index (χ0v) is 18.7. The van der Waals surface area contributed by atoms with E-state index in [1.54, 1.807) is 0 Å². The van der Waals surface area contributed by atoms with Gasteiger partial charge in [0.1, 0.15) is 18.0 Å². The van der Waals surface area contributed by atoms with Gasteiger partial charge in [-0.15, -0.1) is 0 Å². The van der Waals surface area contributed by atoms with Crippen molar-refractivity contribution >= 4 is 46.5 Å². The van der Waals surface area contributed by atoms with Gasteiger partial charge < -0.3 is 19.9 Å². The van der Waals surface area contributed by atoms with Gasteiger partial charge >= 0.3 is 12.1 Å². The van der Waals surface area contributed by atoms with Crippen molar-refractivity contribution in [1.29, 1.82) is 0 Å². The summed E-state index contributed by atoms with van der Waals surface area (Å²) in [6.07, 6.45) is -3.25. The molecular weight excluding hydrogens is 493 g/mol. The normalized spacial score (nSPS) is 14.9. The number of rotatable bonds is 8. The average molecular weight is 510 g/mol. The van der Waals surface area contributed by atoms with Crippen LogP contribution in [0.3, 0.4) is 0 Å². The monoisotopic (exact) mass is 510 g/mol. The van der Waals surface area contributed by atoms with Crippen molar-refractivity contribution in [1.82, 2.24) is 4.90 Å². The molecular formula is C22H17F3N2O7S. The zero-order chi connectivity index (χ0) is 25.8. The number of anilines is 1. The number of methoxy groups -OCH3 is 1. The smallest absolute Gasteiger partial charge is 0.416 e. The van der Waals surface area contributed by atoms with Crippen LogP contribution < -0.4 is 14.8 Å². The van der Waals surface area contributed by atoms with E-state index in [-0.39, 0.29) is 16.3 Å². The Balaban J connectivity index is 1.69. The van der Waals surface area contributed by atoms with Gasteiger partial charge in [0.05, 0.1) is 23.3 Å². The van der Waals surface area contributed by atoms with E-state index in [9.17, 15) is 32.3 Å². The molecule has 9 nitrogen and oxygen atoms in total. The van der Waals surface area contributed by atoms with Crippen molar-refractivity contribution in [2.45, 2.75) is 6.18 Å². The van der Waals surface area contributed by atoms with Crippen molar-refractivity contribution in [2.75, 3.05) is 25.6 Å². The minimum Gasteiger partial charge on any atom is -0.495 e. The fourth-order valence-electron chi connectivity index (χ4n) is 2.91. The van der Waals surface area contributed by atoms with Crippen molar-refractivity contribution in [2.24, 2.45) is 0 Å². The largest absolute Gasteiger partial charge is 0.495 e. The van der Waals surface area contributed by atoms with Gasteiger partial charge in [0, 0.05) is 0 Å². The quantitative estimate of drug-likeness (QED) is 0.514. The summed E-state index contributed by atoms with van der Waals surface area (Å²) in [5.41, 5.74) is -0.765. The predicted molar refractivity (Wildman–Crippen MR) is 119 cm³/mol. The minimum atomic E-state index is -4.65. The first kappa shape index (κ1) is 25.6. The standard InChI is InChI=1S/C22H17F3N2O7S/c1-33-16-7-4-13(22(23,24)25)9-15(16)26-18(28)10-27-20(31)17(35-21(27)32)8-12-2-5-14(6-3-12)34-11-19(29)30/h2-9H,10-11H2,1H3,(H,26,28)(H,29,30)/b17-8-. The molecule has 13 heteroatoms. The molecule has 1 aliphatic rings. The Hall–Kier alpha value is -4.00. The third kappa shape index (κ3) is 6.53. The molecule has 0 aliphatic carbocycles. The van der Waals surface area contributed by atoms with Crippen LogP contribution in [0.1, 0.15) is 11.1 Å². The van der Waals surface area contributed by atoms with Crippen LogP contribution in [0.5, 0.6) is 11.5 Å². The number of hydrogen-bond donors (Lipinski definition) is 2. The molecule has 2 N–H and O–H groups in total. The van der Waals surface area contributed by atoms with Crippen LogP contribution in [0, 0.1) is 0 Å². The van der Waals surface area contributed by atoms with Crippen LogP contribution in [-0.4, -0.2) is 53.3 Å².